The van der Waals surface area contributed by atoms with Crippen molar-refractivity contribution in [1.29, 1.82) is 0 Å². The summed E-state index contributed by atoms with van der Waals surface area (Å²) in [4.78, 5) is 26.5. The van der Waals surface area contributed by atoms with E-state index in [4.69, 9.17) is 4.98 Å². The summed E-state index contributed by atoms with van der Waals surface area (Å²) < 4.78 is 43.9. The summed E-state index contributed by atoms with van der Waals surface area (Å²) in [6, 6.07) is 15.2. The van der Waals surface area contributed by atoms with E-state index in [1.54, 1.807) is 24.4 Å². The molecule has 0 saturated carbocycles. The van der Waals surface area contributed by atoms with Crippen LogP contribution in [0.4, 0.5) is 19.1 Å². The lowest BCUT2D eigenvalue weighted by Gasteiger charge is -2.19. The summed E-state index contributed by atoms with van der Waals surface area (Å²) in [5.41, 5.74) is 3.82. The number of carbonyl (C=O) groups is 1. The van der Waals surface area contributed by atoms with Gasteiger partial charge in [-0.3, -0.25) is 14.3 Å². The second kappa shape index (κ2) is 9.66. The van der Waals surface area contributed by atoms with E-state index >= 15 is 0 Å². The van der Waals surface area contributed by atoms with E-state index in [1.165, 1.54) is 12.1 Å². The summed E-state index contributed by atoms with van der Waals surface area (Å²) in [6.07, 6.45) is 1.83. The Bertz CT molecular complexity index is 1450. The van der Waals surface area contributed by atoms with Crippen LogP contribution >= 0.6 is 0 Å². The molecule has 7 nitrogen and oxygen atoms in total. The zero-order valence-electron chi connectivity index (χ0n) is 20.6. The average molecular weight is 522 g/mol. The number of fused-ring (bicyclic) bond motifs is 1. The molecule has 2 fully saturated rings. The second-order valence-corrected chi connectivity index (χ2v) is 9.71. The van der Waals surface area contributed by atoms with Crippen LogP contribution in [0.5, 0.6) is 5.75 Å². The topological polar surface area (TPSA) is 63.5 Å². The molecule has 0 radical (unpaired) electrons. The SMILES string of the molecule is O=C(c1ccc2c(c1)nc(N1CCCC1)n2-c1ccc(OC(F)(F)F)cc1)N1CCC(c2cccnc2)C1. The molecule has 4 heterocycles. The first-order valence-electron chi connectivity index (χ1n) is 12.7. The summed E-state index contributed by atoms with van der Waals surface area (Å²) in [6.45, 7) is 3.00. The molecule has 2 saturated heterocycles. The van der Waals surface area contributed by atoms with Gasteiger partial charge in [0, 0.05) is 55.7 Å². The van der Waals surface area contributed by atoms with Crippen LogP contribution in [0.1, 0.15) is 41.1 Å². The Labute approximate surface area is 217 Å². The number of ether oxygens (including phenoxy) is 1. The van der Waals surface area contributed by atoms with Crippen molar-refractivity contribution >= 4 is 22.9 Å². The molecule has 1 unspecified atom stereocenters. The van der Waals surface area contributed by atoms with Gasteiger partial charge in [-0.2, -0.15) is 0 Å². The Balaban J connectivity index is 1.31. The van der Waals surface area contributed by atoms with Crippen LogP contribution in [0.25, 0.3) is 16.7 Å². The quantitative estimate of drug-likeness (QED) is 0.345. The van der Waals surface area contributed by atoms with Gasteiger partial charge in [0.2, 0.25) is 5.95 Å². The molecule has 0 aliphatic carbocycles. The van der Waals surface area contributed by atoms with Gasteiger partial charge in [0.25, 0.3) is 5.91 Å². The lowest BCUT2D eigenvalue weighted by molar-refractivity contribution is -0.274. The van der Waals surface area contributed by atoms with Gasteiger partial charge in [-0.15, -0.1) is 13.2 Å². The highest BCUT2D eigenvalue weighted by Gasteiger charge is 2.31. The number of likely N-dealkylation sites (tertiary alicyclic amines) is 1. The molecule has 0 N–H and O–H groups in total. The zero-order valence-corrected chi connectivity index (χ0v) is 20.6. The summed E-state index contributed by atoms with van der Waals surface area (Å²) >= 11 is 0. The average Bonchev–Trinajstić information content (AvgIpc) is 3.68. The maximum absolute atomic E-state index is 13.4. The molecule has 2 aromatic carbocycles. The molecule has 2 aromatic heterocycles. The van der Waals surface area contributed by atoms with Crippen molar-refractivity contribution in [2.75, 3.05) is 31.1 Å². The van der Waals surface area contributed by atoms with Crippen molar-refractivity contribution in [3.63, 3.8) is 0 Å². The van der Waals surface area contributed by atoms with Crippen molar-refractivity contribution < 1.29 is 22.7 Å². The van der Waals surface area contributed by atoms with Crippen molar-refractivity contribution in [2.45, 2.75) is 31.5 Å². The van der Waals surface area contributed by atoms with Crippen LogP contribution < -0.4 is 9.64 Å². The lowest BCUT2D eigenvalue weighted by Crippen LogP contribution is -2.28. The number of amides is 1. The molecule has 2 aliphatic heterocycles. The van der Waals surface area contributed by atoms with Gasteiger partial charge in [-0.05, 0) is 73.4 Å². The number of rotatable bonds is 5. The first-order chi connectivity index (χ1) is 18.4. The molecule has 0 bridgehead atoms. The van der Waals surface area contributed by atoms with Crippen LogP contribution in [0.2, 0.25) is 0 Å². The van der Waals surface area contributed by atoms with Gasteiger partial charge in [0.05, 0.1) is 11.0 Å². The number of imidazole rings is 1. The first kappa shape index (κ1) is 24.3. The fourth-order valence-electron chi connectivity index (χ4n) is 5.40. The van der Waals surface area contributed by atoms with Gasteiger partial charge >= 0.3 is 6.36 Å². The van der Waals surface area contributed by atoms with E-state index in [1.807, 2.05) is 39.9 Å². The van der Waals surface area contributed by atoms with E-state index in [-0.39, 0.29) is 17.6 Å². The molecule has 38 heavy (non-hydrogen) atoms. The molecule has 10 heteroatoms. The molecule has 1 amide bonds. The standard InChI is InChI=1S/C28H26F3N5O2/c29-28(30,31)38-23-8-6-22(7-9-23)36-25-10-5-19(16-24(25)33-27(36)34-13-1-2-14-34)26(37)35-15-11-21(18-35)20-4-3-12-32-17-20/h3-10,12,16-17,21H,1-2,11,13-15,18H2. The van der Waals surface area contributed by atoms with Gasteiger partial charge in [0.1, 0.15) is 5.75 Å². The second-order valence-electron chi connectivity index (χ2n) is 9.71. The summed E-state index contributed by atoms with van der Waals surface area (Å²) in [5, 5.41) is 0. The van der Waals surface area contributed by atoms with E-state index in [0.717, 1.165) is 43.4 Å². The predicted molar refractivity (Wildman–Crippen MR) is 137 cm³/mol. The fraction of sp³-hybridized carbons (Fsp3) is 0.321. The molecular formula is C28H26F3N5O2. The van der Waals surface area contributed by atoms with Crippen LogP contribution in [0.3, 0.4) is 0 Å². The number of nitrogens with zero attached hydrogens (tertiary/aromatic N) is 5. The molecule has 2 aliphatic rings. The number of alkyl halides is 3. The lowest BCUT2D eigenvalue weighted by atomic mass is 10.0. The molecule has 0 spiro atoms. The van der Waals surface area contributed by atoms with E-state index in [2.05, 4.69) is 14.6 Å². The number of pyridine rings is 1. The van der Waals surface area contributed by atoms with Crippen molar-refractivity contribution in [2.24, 2.45) is 0 Å². The zero-order chi connectivity index (χ0) is 26.3. The molecule has 6 rings (SSSR count). The normalized spacial score (nSPS) is 17.9. The summed E-state index contributed by atoms with van der Waals surface area (Å²) in [5.74, 6) is 0.659. The third-order valence-corrected chi connectivity index (χ3v) is 7.23. The van der Waals surface area contributed by atoms with Crippen LogP contribution in [0, 0.1) is 0 Å². The number of halogens is 3. The minimum atomic E-state index is -4.75. The Morgan fingerprint density at radius 3 is 2.50 bits per heavy atom. The van der Waals surface area contributed by atoms with Crippen molar-refractivity contribution in [3.8, 4) is 11.4 Å². The minimum Gasteiger partial charge on any atom is -0.406 e. The van der Waals surface area contributed by atoms with Gasteiger partial charge < -0.3 is 14.5 Å². The number of anilines is 1. The maximum Gasteiger partial charge on any atom is 0.573 e. The third kappa shape index (κ3) is 4.78. The highest BCUT2D eigenvalue weighted by Crippen LogP contribution is 2.33. The molecule has 196 valence electrons. The first-order valence-corrected chi connectivity index (χ1v) is 12.7. The van der Waals surface area contributed by atoms with Crippen LogP contribution in [-0.2, 0) is 0 Å². The number of hydrogen-bond acceptors (Lipinski definition) is 5. The number of aromatic nitrogens is 3. The van der Waals surface area contributed by atoms with Gasteiger partial charge in [0.15, 0.2) is 0 Å². The van der Waals surface area contributed by atoms with Crippen LogP contribution in [-0.4, -0.2) is 57.9 Å². The Hall–Kier alpha value is -4.08. The van der Waals surface area contributed by atoms with Gasteiger partial charge in [-0.25, -0.2) is 4.98 Å². The van der Waals surface area contributed by atoms with Gasteiger partial charge in [-0.1, -0.05) is 6.07 Å². The van der Waals surface area contributed by atoms with Crippen molar-refractivity contribution in [3.05, 3.63) is 78.1 Å². The molecule has 1 atom stereocenters. The minimum absolute atomic E-state index is 0.0378. The Morgan fingerprint density at radius 1 is 1.00 bits per heavy atom. The van der Waals surface area contributed by atoms with Crippen molar-refractivity contribution in [1.82, 2.24) is 19.4 Å². The van der Waals surface area contributed by atoms with E-state index < -0.39 is 6.36 Å². The molecule has 4 aromatic rings. The predicted octanol–water partition coefficient (Wildman–Crippen LogP) is 5.55. The third-order valence-electron chi connectivity index (χ3n) is 7.23. The number of benzene rings is 2. The molecular weight excluding hydrogens is 495 g/mol. The fourth-order valence-corrected chi connectivity index (χ4v) is 5.40. The van der Waals surface area contributed by atoms with E-state index in [9.17, 15) is 18.0 Å². The number of hydrogen-bond donors (Lipinski definition) is 0. The summed E-state index contributed by atoms with van der Waals surface area (Å²) in [7, 11) is 0. The smallest absolute Gasteiger partial charge is 0.406 e. The van der Waals surface area contributed by atoms with Crippen LogP contribution in [0.15, 0.2) is 67.0 Å². The highest BCUT2D eigenvalue weighted by atomic mass is 19.4. The Morgan fingerprint density at radius 2 is 1.79 bits per heavy atom. The highest BCUT2D eigenvalue weighted by molar-refractivity contribution is 5.98. The Kier molecular flexibility index (Phi) is 6.17. The number of carbonyl (C=O) groups excluding carboxylic acids is 1. The maximum atomic E-state index is 13.4. The largest absolute Gasteiger partial charge is 0.573 e. The van der Waals surface area contributed by atoms with E-state index in [0.29, 0.717) is 35.8 Å². The monoisotopic (exact) mass is 521 g/mol.